The molecule has 0 aromatic heterocycles. The molecule has 2 heterocycles. The Bertz CT molecular complexity index is 287. The van der Waals surface area contributed by atoms with Gasteiger partial charge < -0.3 is 9.80 Å². The quantitative estimate of drug-likeness (QED) is 0.710. The van der Waals surface area contributed by atoms with E-state index in [9.17, 15) is 4.79 Å². The number of hydrogen-bond acceptors (Lipinski definition) is 2. The number of urea groups is 1. The number of carbonyl (C=O) groups excluding carboxylic acids is 1. The Morgan fingerprint density at radius 3 is 1.83 bits per heavy atom. The van der Waals surface area contributed by atoms with Crippen molar-refractivity contribution in [1.29, 1.82) is 0 Å². The van der Waals surface area contributed by atoms with E-state index in [1.165, 1.54) is 38.5 Å². The van der Waals surface area contributed by atoms with Gasteiger partial charge in [-0.05, 0) is 25.7 Å². The lowest BCUT2D eigenvalue weighted by atomic mass is 10.2. The first kappa shape index (κ1) is 12.3. The van der Waals surface area contributed by atoms with E-state index in [2.05, 4.69) is 14.7 Å². The molecule has 2 aliphatic heterocycles. The Balaban J connectivity index is 1.49. The normalized spacial score (nSPS) is 27.1. The number of rotatable bonds is 1. The first-order chi connectivity index (χ1) is 8.84. The van der Waals surface area contributed by atoms with Crippen molar-refractivity contribution in [2.75, 3.05) is 39.3 Å². The van der Waals surface area contributed by atoms with Crippen LogP contribution in [0.5, 0.6) is 0 Å². The summed E-state index contributed by atoms with van der Waals surface area (Å²) in [5, 5.41) is 0. The molecule has 3 rings (SSSR count). The van der Waals surface area contributed by atoms with Crippen LogP contribution in [0.1, 0.15) is 38.5 Å². The minimum atomic E-state index is 0.298. The van der Waals surface area contributed by atoms with Crippen LogP contribution in [0.3, 0.4) is 0 Å². The zero-order chi connectivity index (χ0) is 12.4. The van der Waals surface area contributed by atoms with Crippen LogP contribution in [0.15, 0.2) is 0 Å². The summed E-state index contributed by atoms with van der Waals surface area (Å²) in [6, 6.07) is 1.15. The van der Waals surface area contributed by atoms with Gasteiger partial charge in [0.2, 0.25) is 0 Å². The van der Waals surface area contributed by atoms with Crippen molar-refractivity contribution in [2.24, 2.45) is 0 Å². The summed E-state index contributed by atoms with van der Waals surface area (Å²) in [5.41, 5.74) is 0. The Morgan fingerprint density at radius 1 is 0.722 bits per heavy atom. The van der Waals surface area contributed by atoms with Gasteiger partial charge in [0.05, 0.1) is 0 Å². The second-order valence-corrected chi connectivity index (χ2v) is 5.94. The van der Waals surface area contributed by atoms with Crippen molar-refractivity contribution in [3.8, 4) is 0 Å². The molecular weight excluding hydrogens is 226 g/mol. The van der Waals surface area contributed by atoms with Crippen LogP contribution in [0.4, 0.5) is 4.79 Å². The molecule has 102 valence electrons. The molecule has 0 aromatic rings. The van der Waals surface area contributed by atoms with Gasteiger partial charge in [0.15, 0.2) is 0 Å². The topological polar surface area (TPSA) is 26.8 Å². The lowest BCUT2D eigenvalue weighted by Crippen LogP contribution is -2.53. The van der Waals surface area contributed by atoms with Gasteiger partial charge >= 0.3 is 6.03 Å². The molecule has 3 aliphatic rings. The van der Waals surface area contributed by atoms with Crippen molar-refractivity contribution >= 4 is 6.03 Å². The van der Waals surface area contributed by atoms with E-state index < -0.39 is 0 Å². The lowest BCUT2D eigenvalue weighted by Gasteiger charge is -2.37. The molecule has 0 aromatic carbocycles. The third-order valence-electron chi connectivity index (χ3n) is 4.52. The van der Waals surface area contributed by atoms with Crippen LogP contribution in [-0.2, 0) is 0 Å². The predicted octanol–water partition coefficient (Wildman–Crippen LogP) is 1.76. The third-order valence-corrected chi connectivity index (χ3v) is 4.52. The molecule has 1 saturated carbocycles. The maximum absolute atomic E-state index is 12.4. The van der Waals surface area contributed by atoms with Crippen LogP contribution in [-0.4, -0.2) is 66.0 Å². The highest BCUT2D eigenvalue weighted by Crippen LogP contribution is 2.27. The molecule has 0 N–H and O–H groups in total. The van der Waals surface area contributed by atoms with Gasteiger partial charge in [-0.3, -0.25) is 4.90 Å². The van der Waals surface area contributed by atoms with Gasteiger partial charge in [-0.25, -0.2) is 4.79 Å². The van der Waals surface area contributed by atoms with Crippen molar-refractivity contribution < 1.29 is 4.79 Å². The second kappa shape index (κ2) is 5.47. The number of hydrogen-bond donors (Lipinski definition) is 0. The summed E-state index contributed by atoms with van der Waals surface area (Å²) in [5.74, 6) is 0. The molecular formula is C14H25N3O. The van der Waals surface area contributed by atoms with Crippen molar-refractivity contribution in [3.05, 3.63) is 0 Å². The van der Waals surface area contributed by atoms with Crippen molar-refractivity contribution in [2.45, 2.75) is 44.6 Å². The first-order valence-corrected chi connectivity index (χ1v) is 7.62. The molecule has 0 radical (unpaired) electrons. The Kier molecular flexibility index (Phi) is 3.73. The number of amides is 2. The lowest BCUT2D eigenvalue weighted by molar-refractivity contribution is 0.110. The Labute approximate surface area is 110 Å². The monoisotopic (exact) mass is 251 g/mol. The number of piperazine rings is 1. The summed E-state index contributed by atoms with van der Waals surface area (Å²) in [7, 11) is 0. The zero-order valence-electron chi connectivity index (χ0n) is 11.3. The fourth-order valence-electron chi connectivity index (χ4n) is 3.18. The molecule has 0 unspecified atom stereocenters. The van der Waals surface area contributed by atoms with Crippen molar-refractivity contribution in [1.82, 2.24) is 14.7 Å². The highest BCUT2D eigenvalue weighted by Gasteiger charge is 2.33. The molecule has 0 bridgehead atoms. The highest BCUT2D eigenvalue weighted by molar-refractivity contribution is 5.74. The van der Waals surface area contributed by atoms with E-state index >= 15 is 0 Å². The molecule has 1 aliphatic carbocycles. The van der Waals surface area contributed by atoms with E-state index in [-0.39, 0.29) is 0 Å². The highest BCUT2D eigenvalue weighted by atomic mass is 16.2. The molecule has 18 heavy (non-hydrogen) atoms. The van der Waals surface area contributed by atoms with Gasteiger partial charge in [-0.2, -0.15) is 0 Å². The number of nitrogens with zero attached hydrogens (tertiary/aromatic N) is 3. The first-order valence-electron chi connectivity index (χ1n) is 7.62. The molecule has 3 fully saturated rings. The molecule has 2 amide bonds. The summed E-state index contributed by atoms with van der Waals surface area (Å²) in [4.78, 5) is 19.1. The van der Waals surface area contributed by atoms with Gasteiger partial charge in [0.25, 0.3) is 0 Å². The minimum absolute atomic E-state index is 0.298. The smallest absolute Gasteiger partial charge is 0.320 e. The van der Waals surface area contributed by atoms with Gasteiger partial charge in [0.1, 0.15) is 0 Å². The van der Waals surface area contributed by atoms with E-state index in [1.807, 2.05) is 0 Å². The number of carbonyl (C=O) groups is 1. The maximum atomic E-state index is 12.4. The molecule has 4 heteroatoms. The van der Waals surface area contributed by atoms with Crippen LogP contribution < -0.4 is 0 Å². The Hall–Kier alpha value is -0.770. The van der Waals surface area contributed by atoms with Crippen LogP contribution >= 0.6 is 0 Å². The fraction of sp³-hybridized carbons (Fsp3) is 0.929. The summed E-state index contributed by atoms with van der Waals surface area (Å²) in [6.45, 7) is 6.00. The summed E-state index contributed by atoms with van der Waals surface area (Å²) in [6.07, 6.45) is 7.71. The average molecular weight is 251 g/mol. The number of likely N-dealkylation sites (tertiary alicyclic amines) is 1. The van der Waals surface area contributed by atoms with Crippen LogP contribution in [0.2, 0.25) is 0 Å². The molecule has 4 nitrogen and oxygen atoms in total. The summed E-state index contributed by atoms with van der Waals surface area (Å²) < 4.78 is 0. The molecule has 0 atom stereocenters. The SMILES string of the molecule is O=C(N1CCCCCC1)N1CCN(C2CC2)CC1. The molecule has 2 saturated heterocycles. The van der Waals surface area contributed by atoms with E-state index in [0.717, 1.165) is 45.3 Å². The fourth-order valence-corrected chi connectivity index (χ4v) is 3.18. The van der Waals surface area contributed by atoms with Crippen molar-refractivity contribution in [3.63, 3.8) is 0 Å². The third kappa shape index (κ3) is 2.79. The van der Waals surface area contributed by atoms with E-state index in [1.54, 1.807) is 0 Å². The van der Waals surface area contributed by atoms with Gasteiger partial charge in [-0.1, -0.05) is 12.8 Å². The van der Waals surface area contributed by atoms with Gasteiger partial charge in [-0.15, -0.1) is 0 Å². The minimum Gasteiger partial charge on any atom is -0.325 e. The molecule has 0 spiro atoms. The zero-order valence-corrected chi connectivity index (χ0v) is 11.3. The standard InChI is InChI=1S/C14H25N3O/c18-14(16-7-3-1-2-4-8-16)17-11-9-15(10-12-17)13-5-6-13/h13H,1-12H2. The van der Waals surface area contributed by atoms with E-state index in [4.69, 9.17) is 0 Å². The summed E-state index contributed by atoms with van der Waals surface area (Å²) >= 11 is 0. The Morgan fingerprint density at radius 2 is 1.28 bits per heavy atom. The maximum Gasteiger partial charge on any atom is 0.320 e. The van der Waals surface area contributed by atoms with Gasteiger partial charge in [0, 0.05) is 45.3 Å². The second-order valence-electron chi connectivity index (χ2n) is 5.94. The predicted molar refractivity (Wildman–Crippen MR) is 71.6 cm³/mol. The van der Waals surface area contributed by atoms with E-state index in [0.29, 0.717) is 6.03 Å². The largest absolute Gasteiger partial charge is 0.325 e. The van der Waals surface area contributed by atoms with Crippen LogP contribution in [0, 0.1) is 0 Å². The average Bonchev–Trinajstić information content (AvgIpc) is 3.25. The van der Waals surface area contributed by atoms with Crippen LogP contribution in [0.25, 0.3) is 0 Å².